The van der Waals surface area contributed by atoms with Crippen molar-refractivity contribution in [3.05, 3.63) is 29.8 Å². The Hall–Kier alpha value is -2.22. The summed E-state index contributed by atoms with van der Waals surface area (Å²) in [5.41, 5.74) is 2.14. The van der Waals surface area contributed by atoms with Crippen LogP contribution >= 0.6 is 0 Å². The van der Waals surface area contributed by atoms with Crippen LogP contribution in [-0.4, -0.2) is 48.5 Å². The Balaban J connectivity index is 1.70. The molecular formula is C19H25N3O4S. The zero-order valence-electron chi connectivity index (χ0n) is 15.6. The van der Waals surface area contributed by atoms with E-state index in [-0.39, 0.29) is 41.9 Å². The second-order valence-electron chi connectivity index (χ2n) is 7.23. The van der Waals surface area contributed by atoms with Gasteiger partial charge in [0.05, 0.1) is 17.5 Å². The molecule has 7 nitrogen and oxygen atoms in total. The van der Waals surface area contributed by atoms with Gasteiger partial charge in [-0.1, -0.05) is 26.0 Å². The Bertz CT molecular complexity index is 861. The third kappa shape index (κ3) is 4.55. The quantitative estimate of drug-likeness (QED) is 0.833. The van der Waals surface area contributed by atoms with Crippen molar-refractivity contribution in [2.24, 2.45) is 5.10 Å². The van der Waals surface area contributed by atoms with Gasteiger partial charge in [0.2, 0.25) is 5.91 Å². The first kappa shape index (κ1) is 19.5. The number of amides is 2. The first-order chi connectivity index (χ1) is 12.8. The van der Waals surface area contributed by atoms with Gasteiger partial charge < -0.3 is 5.32 Å². The van der Waals surface area contributed by atoms with Crippen LogP contribution in [0.15, 0.2) is 29.4 Å². The van der Waals surface area contributed by atoms with Crippen molar-refractivity contribution in [3.8, 4) is 0 Å². The molecule has 1 aromatic carbocycles. The minimum absolute atomic E-state index is 0.0566. The molecule has 27 heavy (non-hydrogen) atoms. The smallest absolute Gasteiger partial charge is 0.271 e. The number of rotatable bonds is 5. The number of hydrazone groups is 1. The number of hydrogen-bond donors (Lipinski definition) is 1. The Morgan fingerprint density at radius 2 is 2.00 bits per heavy atom. The van der Waals surface area contributed by atoms with E-state index in [0.717, 1.165) is 6.42 Å². The van der Waals surface area contributed by atoms with E-state index in [1.54, 1.807) is 0 Å². The van der Waals surface area contributed by atoms with Crippen LogP contribution in [0.25, 0.3) is 0 Å². The number of benzene rings is 1. The topological polar surface area (TPSA) is 95.9 Å². The highest BCUT2D eigenvalue weighted by molar-refractivity contribution is 7.91. The van der Waals surface area contributed by atoms with E-state index in [0.29, 0.717) is 18.0 Å². The third-order valence-electron chi connectivity index (χ3n) is 5.23. The molecule has 0 saturated carbocycles. The number of carbonyl (C=O) groups excluding carboxylic acids is 2. The largest absolute Gasteiger partial charge is 0.321 e. The molecule has 2 atom stereocenters. The van der Waals surface area contributed by atoms with Crippen molar-refractivity contribution in [2.45, 2.75) is 51.5 Å². The molecule has 0 bridgehead atoms. The summed E-state index contributed by atoms with van der Waals surface area (Å²) in [5.74, 6) is -0.161. The van der Waals surface area contributed by atoms with Crippen LogP contribution in [0, 0.1) is 0 Å². The van der Waals surface area contributed by atoms with Gasteiger partial charge in [0.15, 0.2) is 9.84 Å². The molecule has 146 valence electrons. The summed E-state index contributed by atoms with van der Waals surface area (Å²) in [6.07, 6.45) is 1.83. The minimum Gasteiger partial charge on any atom is -0.321 e. The van der Waals surface area contributed by atoms with Crippen LogP contribution in [0.1, 0.15) is 51.0 Å². The molecule has 0 spiro atoms. The molecule has 0 aliphatic carbocycles. The number of nitrogens with zero attached hydrogens (tertiary/aromatic N) is 2. The predicted molar refractivity (Wildman–Crippen MR) is 104 cm³/mol. The molecule has 1 aromatic rings. The molecule has 2 heterocycles. The fourth-order valence-electron chi connectivity index (χ4n) is 3.32. The third-order valence-corrected chi connectivity index (χ3v) is 6.98. The maximum Gasteiger partial charge on any atom is 0.271 e. The second kappa shape index (κ2) is 7.80. The predicted octanol–water partition coefficient (Wildman–Crippen LogP) is 2.30. The van der Waals surface area contributed by atoms with E-state index in [1.165, 1.54) is 10.6 Å². The van der Waals surface area contributed by atoms with Gasteiger partial charge in [0.25, 0.3) is 5.91 Å². The first-order valence-corrected chi connectivity index (χ1v) is 11.1. The number of nitrogens with one attached hydrogen (secondary N) is 1. The maximum absolute atomic E-state index is 12.5. The van der Waals surface area contributed by atoms with Gasteiger partial charge >= 0.3 is 0 Å². The van der Waals surface area contributed by atoms with Gasteiger partial charge in [-0.2, -0.15) is 5.10 Å². The molecule has 0 radical (unpaired) electrons. The molecule has 0 unspecified atom stereocenters. The summed E-state index contributed by atoms with van der Waals surface area (Å²) < 4.78 is 23.4. The lowest BCUT2D eigenvalue weighted by Crippen LogP contribution is -2.42. The Kier molecular flexibility index (Phi) is 5.64. The summed E-state index contributed by atoms with van der Waals surface area (Å²) in [7, 11) is -3.13. The molecule has 1 saturated heterocycles. The summed E-state index contributed by atoms with van der Waals surface area (Å²) >= 11 is 0. The van der Waals surface area contributed by atoms with Crippen molar-refractivity contribution in [1.82, 2.24) is 5.01 Å². The normalized spacial score (nSPS) is 23.0. The summed E-state index contributed by atoms with van der Waals surface area (Å²) in [4.78, 5) is 24.7. The van der Waals surface area contributed by atoms with E-state index in [4.69, 9.17) is 0 Å². The average Bonchev–Trinajstić information content (AvgIpc) is 3.01. The highest BCUT2D eigenvalue weighted by atomic mass is 32.2. The Labute approximate surface area is 159 Å². The molecular weight excluding hydrogens is 366 g/mol. The second-order valence-corrected chi connectivity index (χ2v) is 9.46. The number of hydrogen-bond acceptors (Lipinski definition) is 5. The molecule has 2 aliphatic rings. The molecule has 2 amide bonds. The van der Waals surface area contributed by atoms with Crippen molar-refractivity contribution in [3.63, 3.8) is 0 Å². The average molecular weight is 391 g/mol. The summed E-state index contributed by atoms with van der Waals surface area (Å²) in [6, 6.07) is 7.22. The molecule has 3 rings (SSSR count). The van der Waals surface area contributed by atoms with E-state index in [9.17, 15) is 18.0 Å². The number of anilines is 1. The zero-order valence-corrected chi connectivity index (χ0v) is 16.5. The lowest BCUT2D eigenvalue weighted by atomic mass is 9.98. The fourth-order valence-corrected chi connectivity index (χ4v) is 5.01. The highest BCUT2D eigenvalue weighted by Gasteiger charge is 2.37. The van der Waals surface area contributed by atoms with Crippen LogP contribution in [0.4, 0.5) is 5.69 Å². The van der Waals surface area contributed by atoms with Gasteiger partial charge in [-0.05, 0) is 36.5 Å². The Morgan fingerprint density at radius 1 is 1.30 bits per heavy atom. The van der Waals surface area contributed by atoms with E-state index in [1.807, 2.05) is 24.3 Å². The van der Waals surface area contributed by atoms with Crippen LogP contribution in [0.2, 0.25) is 0 Å². The first-order valence-electron chi connectivity index (χ1n) is 9.30. The molecule has 1 N–H and O–H groups in total. The van der Waals surface area contributed by atoms with Crippen LogP contribution < -0.4 is 5.32 Å². The maximum atomic E-state index is 12.5. The molecule has 1 fully saturated rings. The van der Waals surface area contributed by atoms with E-state index < -0.39 is 15.9 Å². The van der Waals surface area contributed by atoms with E-state index in [2.05, 4.69) is 24.3 Å². The number of sulfone groups is 1. The van der Waals surface area contributed by atoms with Crippen LogP contribution in [0.5, 0.6) is 0 Å². The minimum atomic E-state index is -3.13. The van der Waals surface area contributed by atoms with Gasteiger partial charge in [0.1, 0.15) is 5.71 Å². The zero-order chi connectivity index (χ0) is 19.6. The molecule has 8 heteroatoms. The number of carbonyl (C=O) groups is 2. The lowest BCUT2D eigenvalue weighted by molar-refractivity contribution is -0.133. The van der Waals surface area contributed by atoms with Crippen molar-refractivity contribution in [2.75, 3.05) is 16.8 Å². The van der Waals surface area contributed by atoms with Gasteiger partial charge in [-0.25, -0.2) is 13.4 Å². The van der Waals surface area contributed by atoms with Gasteiger partial charge in [-0.3, -0.25) is 9.59 Å². The fraction of sp³-hybridized carbons (Fsp3) is 0.526. The molecule has 2 aliphatic heterocycles. The van der Waals surface area contributed by atoms with Gasteiger partial charge in [0, 0.05) is 18.5 Å². The SMILES string of the molecule is CC[C@H](C)c1ccc(NC(=O)C2=NN([C@H]3CCS(=O)(=O)C3)C(=O)CC2)cc1. The molecule has 0 aromatic heterocycles. The lowest BCUT2D eigenvalue weighted by Gasteiger charge is -2.27. The van der Waals surface area contributed by atoms with Crippen LogP contribution in [-0.2, 0) is 19.4 Å². The standard InChI is InChI=1S/C19H25N3O4S/c1-3-13(2)14-4-6-15(7-5-14)20-19(24)17-8-9-18(23)22(21-17)16-10-11-27(25,26)12-16/h4-7,13,16H,3,8-12H2,1-2H3,(H,20,24)/t13-,16-/m0/s1. The highest BCUT2D eigenvalue weighted by Crippen LogP contribution is 2.23. The van der Waals surface area contributed by atoms with Crippen LogP contribution in [0.3, 0.4) is 0 Å². The van der Waals surface area contributed by atoms with Crippen molar-refractivity contribution in [1.29, 1.82) is 0 Å². The monoisotopic (exact) mass is 391 g/mol. The van der Waals surface area contributed by atoms with Crippen molar-refractivity contribution < 1.29 is 18.0 Å². The summed E-state index contributed by atoms with van der Waals surface area (Å²) in [5, 5.41) is 8.20. The van der Waals surface area contributed by atoms with E-state index >= 15 is 0 Å². The van der Waals surface area contributed by atoms with Gasteiger partial charge in [-0.15, -0.1) is 0 Å². The summed E-state index contributed by atoms with van der Waals surface area (Å²) in [6.45, 7) is 4.28. The van der Waals surface area contributed by atoms with Crippen molar-refractivity contribution >= 4 is 33.1 Å². The Morgan fingerprint density at radius 3 is 2.59 bits per heavy atom.